The van der Waals surface area contributed by atoms with Gasteiger partial charge in [0.25, 0.3) is 0 Å². The number of benzene rings is 3. The molecule has 0 amide bonds. The monoisotopic (exact) mass is 640 g/mol. The average molecular weight is 641 g/mol. The Labute approximate surface area is 276 Å². The van der Waals surface area contributed by atoms with Gasteiger partial charge in [0.15, 0.2) is 0 Å². The summed E-state index contributed by atoms with van der Waals surface area (Å²) in [4.78, 5) is 36.3. The fraction of sp³-hybridized carbons (Fsp3) is 0.289. The summed E-state index contributed by atoms with van der Waals surface area (Å²) in [6.45, 7) is 10.2. The Morgan fingerprint density at radius 1 is 0.761 bits per heavy atom. The largest absolute Gasteiger partial charge is 0.494 e. The average Bonchev–Trinajstić information content (AvgIpc) is 3.07. The third-order valence-corrected chi connectivity index (χ3v) is 7.59. The van der Waals surface area contributed by atoms with Crippen LogP contribution in [0.4, 0.5) is 0 Å². The van der Waals surface area contributed by atoms with Gasteiger partial charge in [-0.1, -0.05) is 31.9 Å². The summed E-state index contributed by atoms with van der Waals surface area (Å²) in [6.07, 6.45) is 7.33. The summed E-state index contributed by atoms with van der Waals surface area (Å²) in [6, 6.07) is 20.8. The van der Waals surface area contributed by atoms with Crippen LogP contribution < -0.4 is 9.47 Å². The van der Waals surface area contributed by atoms with E-state index in [9.17, 15) is 14.4 Å². The van der Waals surface area contributed by atoms with Crippen LogP contribution in [0.15, 0.2) is 97.1 Å². The van der Waals surface area contributed by atoms with Crippen LogP contribution in [-0.2, 0) is 25.5 Å². The van der Waals surface area contributed by atoms with Gasteiger partial charge >= 0.3 is 11.9 Å². The topological polar surface area (TPSA) is 88.1 Å². The van der Waals surface area contributed by atoms with Crippen molar-refractivity contribution in [3.63, 3.8) is 0 Å². The van der Waals surface area contributed by atoms with Gasteiger partial charge in [-0.05, 0) is 123 Å². The highest BCUT2D eigenvalue weighted by atomic mass is 32.2. The van der Waals surface area contributed by atoms with Crippen molar-refractivity contribution in [1.29, 1.82) is 0 Å². The molecule has 0 aliphatic carbocycles. The van der Waals surface area contributed by atoms with Crippen LogP contribution in [-0.4, -0.2) is 36.9 Å². The van der Waals surface area contributed by atoms with Gasteiger partial charge in [-0.3, -0.25) is 9.59 Å². The number of rotatable bonds is 18. The van der Waals surface area contributed by atoms with Gasteiger partial charge in [0.2, 0.25) is 5.12 Å². The Hall–Kier alpha value is -4.74. The second-order valence-electron chi connectivity index (χ2n) is 10.1. The molecule has 0 atom stereocenters. The minimum Gasteiger partial charge on any atom is -0.494 e. The second kappa shape index (κ2) is 20.3. The van der Waals surface area contributed by atoms with E-state index in [1.54, 1.807) is 0 Å². The normalized spacial score (nSPS) is 10.2. The summed E-state index contributed by atoms with van der Waals surface area (Å²) in [5.74, 6) is 7.20. The Bertz CT molecular complexity index is 1520. The molecule has 0 fully saturated rings. The molecular formula is C38H40O7S. The number of hydrogen-bond acceptors (Lipinski definition) is 8. The highest BCUT2D eigenvalue weighted by molar-refractivity contribution is 8.14. The van der Waals surface area contributed by atoms with E-state index in [1.165, 1.54) is 11.8 Å². The Balaban J connectivity index is 1.45. The van der Waals surface area contributed by atoms with Crippen molar-refractivity contribution < 1.29 is 33.3 Å². The Morgan fingerprint density at radius 3 is 2.02 bits per heavy atom. The fourth-order valence-corrected chi connectivity index (χ4v) is 5.02. The number of aryl methyl sites for hydroxylation is 1. The molecule has 3 aromatic rings. The molecule has 0 aromatic heterocycles. The maximum atomic E-state index is 13.1. The van der Waals surface area contributed by atoms with E-state index in [2.05, 4.69) is 25.0 Å². The van der Waals surface area contributed by atoms with Gasteiger partial charge in [0.1, 0.15) is 11.5 Å². The van der Waals surface area contributed by atoms with Crippen molar-refractivity contribution in [2.45, 2.75) is 56.8 Å². The van der Waals surface area contributed by atoms with Crippen molar-refractivity contribution in [2.24, 2.45) is 0 Å². The molecule has 0 N–H and O–H groups in total. The molecule has 0 radical (unpaired) electrons. The number of esters is 2. The maximum Gasteiger partial charge on any atom is 0.330 e. The molecule has 8 heteroatoms. The lowest BCUT2D eigenvalue weighted by atomic mass is 10.0. The molecule has 0 unspecified atom stereocenters. The SMILES string of the molecule is C=COC(=O)CCCCCOc1ccc(C#Cc2ccc(C(=O)Sc3ccc(OCCCCOC(=O)C=C)cc3)c(CC)c2)cc1. The highest BCUT2D eigenvalue weighted by Crippen LogP contribution is 2.27. The molecule has 7 nitrogen and oxygen atoms in total. The fourth-order valence-electron chi connectivity index (χ4n) is 4.22. The third kappa shape index (κ3) is 13.1. The quantitative estimate of drug-likeness (QED) is 0.0344. The number of thioether (sulfide) groups is 1. The molecule has 3 aromatic carbocycles. The van der Waals surface area contributed by atoms with E-state index in [4.69, 9.17) is 18.9 Å². The number of ether oxygens (including phenoxy) is 4. The Kier molecular flexibility index (Phi) is 15.8. The molecule has 46 heavy (non-hydrogen) atoms. The lowest BCUT2D eigenvalue weighted by molar-refractivity contribution is -0.138. The number of carbonyl (C=O) groups excluding carboxylic acids is 3. The summed E-state index contributed by atoms with van der Waals surface area (Å²) in [5.41, 5.74) is 3.33. The minimum absolute atomic E-state index is 0.0233. The lowest BCUT2D eigenvalue weighted by Crippen LogP contribution is -2.04. The zero-order valence-corrected chi connectivity index (χ0v) is 27.1. The van der Waals surface area contributed by atoms with Gasteiger partial charge < -0.3 is 18.9 Å². The summed E-state index contributed by atoms with van der Waals surface area (Å²) in [7, 11) is 0. The summed E-state index contributed by atoms with van der Waals surface area (Å²) in [5, 5.41) is -0.0233. The van der Waals surface area contributed by atoms with Crippen LogP contribution in [0.5, 0.6) is 11.5 Å². The van der Waals surface area contributed by atoms with E-state index in [0.29, 0.717) is 44.6 Å². The van der Waals surface area contributed by atoms with E-state index >= 15 is 0 Å². The second-order valence-corrected chi connectivity index (χ2v) is 11.1. The number of carbonyl (C=O) groups is 3. The van der Waals surface area contributed by atoms with Crippen molar-refractivity contribution in [1.82, 2.24) is 0 Å². The van der Waals surface area contributed by atoms with Gasteiger partial charge in [0.05, 0.1) is 26.1 Å². The Morgan fingerprint density at radius 2 is 1.37 bits per heavy atom. The first kappa shape index (κ1) is 35.7. The maximum absolute atomic E-state index is 13.1. The van der Waals surface area contributed by atoms with Crippen molar-refractivity contribution in [2.75, 3.05) is 19.8 Å². The predicted octanol–water partition coefficient (Wildman–Crippen LogP) is 8.10. The van der Waals surface area contributed by atoms with E-state index in [-0.39, 0.29) is 11.1 Å². The first-order valence-electron chi connectivity index (χ1n) is 15.3. The standard InChI is InChI=1S/C38H40O7S/c1-4-31-28-30(14-13-29-15-18-32(19-16-29)43-25-9-7-8-12-37(40)42-6-3)17-24-35(31)38(41)46-34-22-20-33(21-23-34)44-26-10-11-27-45-36(39)5-2/h5-6,15-24,28H,2-4,7-12,25-27H2,1H3. The van der Waals surface area contributed by atoms with Gasteiger partial charge in [0, 0.05) is 34.1 Å². The molecule has 0 heterocycles. The summed E-state index contributed by atoms with van der Waals surface area (Å²) >= 11 is 1.18. The molecule has 3 rings (SSSR count). The van der Waals surface area contributed by atoms with Crippen LogP contribution in [0, 0.1) is 11.8 Å². The van der Waals surface area contributed by atoms with Crippen molar-refractivity contribution >= 4 is 28.8 Å². The molecule has 240 valence electrons. The van der Waals surface area contributed by atoms with Crippen LogP contribution >= 0.6 is 11.8 Å². The van der Waals surface area contributed by atoms with E-state index < -0.39 is 5.97 Å². The lowest BCUT2D eigenvalue weighted by Gasteiger charge is -2.09. The third-order valence-electron chi connectivity index (χ3n) is 6.67. The number of hydrogen-bond donors (Lipinski definition) is 0. The van der Waals surface area contributed by atoms with Gasteiger partial charge in [-0.25, -0.2) is 4.79 Å². The molecule has 0 spiro atoms. The molecule has 0 saturated carbocycles. The van der Waals surface area contributed by atoms with Crippen LogP contribution in [0.25, 0.3) is 0 Å². The molecule has 0 aliphatic rings. The molecule has 0 aliphatic heterocycles. The van der Waals surface area contributed by atoms with Crippen LogP contribution in [0.1, 0.15) is 72.5 Å². The molecular weight excluding hydrogens is 600 g/mol. The summed E-state index contributed by atoms with van der Waals surface area (Å²) < 4.78 is 21.2. The van der Waals surface area contributed by atoms with Crippen LogP contribution in [0.3, 0.4) is 0 Å². The molecule has 0 saturated heterocycles. The zero-order valence-electron chi connectivity index (χ0n) is 26.3. The first-order chi connectivity index (χ1) is 22.4. The smallest absolute Gasteiger partial charge is 0.330 e. The first-order valence-corrected chi connectivity index (χ1v) is 16.2. The van der Waals surface area contributed by atoms with Gasteiger partial charge in [-0.2, -0.15) is 0 Å². The van der Waals surface area contributed by atoms with Crippen molar-refractivity contribution in [3.8, 4) is 23.3 Å². The zero-order chi connectivity index (χ0) is 33.0. The van der Waals surface area contributed by atoms with Crippen LogP contribution in [0.2, 0.25) is 0 Å². The van der Waals surface area contributed by atoms with Crippen molar-refractivity contribution in [3.05, 3.63) is 114 Å². The number of unbranched alkanes of at least 4 members (excludes halogenated alkanes) is 3. The van der Waals surface area contributed by atoms with E-state index in [0.717, 1.165) is 71.1 Å². The molecule has 0 bridgehead atoms. The predicted molar refractivity (Wildman–Crippen MR) is 181 cm³/mol. The highest BCUT2D eigenvalue weighted by Gasteiger charge is 2.13. The minimum atomic E-state index is -0.420. The van der Waals surface area contributed by atoms with E-state index in [1.807, 2.05) is 73.7 Å². The van der Waals surface area contributed by atoms with Gasteiger partial charge in [-0.15, -0.1) is 0 Å².